The molecule has 0 saturated heterocycles. The minimum atomic E-state index is -0.405. The van der Waals surface area contributed by atoms with Crippen molar-refractivity contribution in [2.45, 2.75) is 20.4 Å². The number of hydrogen-bond donors (Lipinski definition) is 1. The lowest BCUT2D eigenvalue weighted by molar-refractivity contribution is 0.715. The zero-order valence-corrected chi connectivity index (χ0v) is 9.80. The summed E-state index contributed by atoms with van der Waals surface area (Å²) in [5.74, 6) is 0. The van der Waals surface area contributed by atoms with Crippen LogP contribution < -0.4 is 11.2 Å². The molecule has 0 aromatic carbocycles. The van der Waals surface area contributed by atoms with E-state index in [1.54, 1.807) is 11.3 Å². The summed E-state index contributed by atoms with van der Waals surface area (Å²) in [5, 5.41) is 0.865. The molecule has 0 unspecified atom stereocenters. The van der Waals surface area contributed by atoms with Crippen LogP contribution in [0, 0.1) is 13.8 Å². The third-order valence-electron chi connectivity index (χ3n) is 2.28. The summed E-state index contributed by atoms with van der Waals surface area (Å²) < 4.78 is 1.43. The summed E-state index contributed by atoms with van der Waals surface area (Å²) in [6, 6.07) is 1.33. The van der Waals surface area contributed by atoms with Crippen LogP contribution in [0.25, 0.3) is 0 Å². The van der Waals surface area contributed by atoms with Gasteiger partial charge in [0.25, 0.3) is 5.56 Å². The van der Waals surface area contributed by atoms with Crippen molar-refractivity contribution in [2.24, 2.45) is 0 Å². The molecular formula is C10H11N3O2S. The summed E-state index contributed by atoms with van der Waals surface area (Å²) in [6.07, 6.45) is 1.48. The van der Waals surface area contributed by atoms with E-state index in [-0.39, 0.29) is 5.56 Å². The number of aromatic amines is 1. The van der Waals surface area contributed by atoms with Crippen molar-refractivity contribution in [3.05, 3.63) is 48.7 Å². The van der Waals surface area contributed by atoms with Crippen LogP contribution >= 0.6 is 11.3 Å². The summed E-state index contributed by atoms with van der Waals surface area (Å²) in [4.78, 5) is 30.0. The van der Waals surface area contributed by atoms with Crippen LogP contribution in [0.1, 0.15) is 15.6 Å². The normalized spacial score (nSPS) is 10.6. The van der Waals surface area contributed by atoms with Crippen molar-refractivity contribution >= 4 is 11.3 Å². The lowest BCUT2D eigenvalue weighted by Gasteiger charge is -2.00. The van der Waals surface area contributed by atoms with Gasteiger partial charge in [-0.15, -0.1) is 11.3 Å². The molecule has 0 radical (unpaired) electrons. The van der Waals surface area contributed by atoms with E-state index in [4.69, 9.17) is 0 Å². The Kier molecular flexibility index (Phi) is 2.74. The maximum absolute atomic E-state index is 11.4. The van der Waals surface area contributed by atoms with Gasteiger partial charge in [-0.1, -0.05) is 0 Å². The second kappa shape index (κ2) is 4.05. The number of nitrogens with zero attached hydrogens (tertiary/aromatic N) is 2. The van der Waals surface area contributed by atoms with Crippen molar-refractivity contribution in [3.8, 4) is 0 Å². The molecule has 0 fully saturated rings. The smallest absolute Gasteiger partial charge is 0.294 e. The molecule has 1 N–H and O–H groups in total. The first-order valence-electron chi connectivity index (χ1n) is 4.79. The Morgan fingerprint density at radius 1 is 1.44 bits per heavy atom. The SMILES string of the molecule is Cc1nc(Cn2ccc(=O)[nH]c2=O)sc1C. The summed E-state index contributed by atoms with van der Waals surface area (Å²) in [5.41, 5.74) is 0.197. The Balaban J connectivity index is 2.34. The predicted molar refractivity (Wildman–Crippen MR) is 62.0 cm³/mol. The number of nitrogens with one attached hydrogen (secondary N) is 1. The Hall–Kier alpha value is -1.69. The number of rotatable bonds is 2. The van der Waals surface area contributed by atoms with Crippen LogP contribution in [0.5, 0.6) is 0 Å². The molecule has 0 bridgehead atoms. The molecule has 2 heterocycles. The second-order valence-corrected chi connectivity index (χ2v) is 4.77. The zero-order chi connectivity index (χ0) is 11.7. The first kappa shape index (κ1) is 10.8. The third-order valence-corrected chi connectivity index (χ3v) is 3.33. The molecule has 0 aliphatic carbocycles. The summed E-state index contributed by atoms with van der Waals surface area (Å²) in [7, 11) is 0. The molecule has 0 aliphatic rings. The van der Waals surface area contributed by atoms with Gasteiger partial charge in [0.05, 0.1) is 12.2 Å². The molecule has 2 rings (SSSR count). The fourth-order valence-electron chi connectivity index (χ4n) is 1.32. The van der Waals surface area contributed by atoms with Gasteiger partial charge in [-0.3, -0.25) is 14.3 Å². The van der Waals surface area contributed by atoms with E-state index in [0.29, 0.717) is 6.54 Å². The quantitative estimate of drug-likeness (QED) is 0.834. The molecule has 5 nitrogen and oxygen atoms in total. The highest BCUT2D eigenvalue weighted by molar-refractivity contribution is 7.11. The van der Waals surface area contributed by atoms with Gasteiger partial charge in [0.15, 0.2) is 0 Å². The molecule has 2 aromatic heterocycles. The van der Waals surface area contributed by atoms with Gasteiger partial charge in [0.2, 0.25) is 0 Å². The van der Waals surface area contributed by atoms with E-state index in [1.807, 2.05) is 13.8 Å². The molecule has 2 aromatic rings. The molecule has 84 valence electrons. The molecule has 0 spiro atoms. The van der Waals surface area contributed by atoms with E-state index in [1.165, 1.54) is 16.8 Å². The predicted octanol–water partition coefficient (Wildman–Crippen LogP) is 0.658. The molecule has 0 aliphatic heterocycles. The van der Waals surface area contributed by atoms with E-state index in [2.05, 4.69) is 9.97 Å². The van der Waals surface area contributed by atoms with Gasteiger partial charge < -0.3 is 0 Å². The lowest BCUT2D eigenvalue weighted by atomic mass is 10.4. The van der Waals surface area contributed by atoms with E-state index in [0.717, 1.165) is 15.6 Å². The first-order chi connectivity index (χ1) is 7.56. The topological polar surface area (TPSA) is 67.8 Å². The molecular weight excluding hydrogens is 226 g/mol. The summed E-state index contributed by atoms with van der Waals surface area (Å²) in [6.45, 7) is 4.33. The summed E-state index contributed by atoms with van der Waals surface area (Å²) >= 11 is 1.56. The van der Waals surface area contributed by atoms with Gasteiger partial charge >= 0.3 is 5.69 Å². The standard InChI is InChI=1S/C10H11N3O2S/c1-6-7(2)16-9(11-6)5-13-4-3-8(14)12-10(13)15/h3-4H,5H2,1-2H3,(H,12,14,15). The molecule has 16 heavy (non-hydrogen) atoms. The van der Waals surface area contributed by atoms with Crippen molar-refractivity contribution in [3.63, 3.8) is 0 Å². The van der Waals surface area contributed by atoms with E-state index in [9.17, 15) is 9.59 Å². The number of H-pyrrole nitrogens is 1. The number of aryl methyl sites for hydroxylation is 2. The van der Waals surface area contributed by atoms with Crippen molar-refractivity contribution in [1.82, 2.24) is 14.5 Å². The Morgan fingerprint density at radius 2 is 2.19 bits per heavy atom. The van der Waals surface area contributed by atoms with Crippen molar-refractivity contribution in [1.29, 1.82) is 0 Å². The zero-order valence-electron chi connectivity index (χ0n) is 8.98. The highest BCUT2D eigenvalue weighted by Gasteiger charge is 2.05. The number of aromatic nitrogens is 3. The maximum atomic E-state index is 11.4. The molecule has 0 saturated carbocycles. The average Bonchev–Trinajstić information content (AvgIpc) is 2.51. The van der Waals surface area contributed by atoms with Crippen LogP contribution in [-0.2, 0) is 6.54 Å². The van der Waals surface area contributed by atoms with E-state index < -0.39 is 5.69 Å². The maximum Gasteiger partial charge on any atom is 0.328 e. The van der Waals surface area contributed by atoms with Crippen LogP contribution in [0.15, 0.2) is 21.9 Å². The van der Waals surface area contributed by atoms with Gasteiger partial charge in [-0.2, -0.15) is 0 Å². The molecule has 0 amide bonds. The highest BCUT2D eigenvalue weighted by Crippen LogP contribution is 2.16. The van der Waals surface area contributed by atoms with Crippen LogP contribution in [0.3, 0.4) is 0 Å². The largest absolute Gasteiger partial charge is 0.328 e. The minimum absolute atomic E-state index is 0.382. The molecule has 6 heteroatoms. The minimum Gasteiger partial charge on any atom is -0.294 e. The fraction of sp³-hybridized carbons (Fsp3) is 0.300. The van der Waals surface area contributed by atoms with E-state index >= 15 is 0 Å². The molecule has 0 atom stereocenters. The van der Waals surface area contributed by atoms with Crippen LogP contribution in [0.4, 0.5) is 0 Å². The Labute approximate surface area is 95.4 Å². The monoisotopic (exact) mass is 237 g/mol. The Bertz CT molecular complexity index is 604. The van der Waals surface area contributed by atoms with Crippen LogP contribution in [0.2, 0.25) is 0 Å². The Morgan fingerprint density at radius 3 is 2.75 bits per heavy atom. The second-order valence-electron chi connectivity index (χ2n) is 3.49. The van der Waals surface area contributed by atoms with Crippen LogP contribution in [-0.4, -0.2) is 14.5 Å². The van der Waals surface area contributed by atoms with Gasteiger partial charge in [0, 0.05) is 17.1 Å². The van der Waals surface area contributed by atoms with Crippen molar-refractivity contribution in [2.75, 3.05) is 0 Å². The highest BCUT2D eigenvalue weighted by atomic mass is 32.1. The van der Waals surface area contributed by atoms with Crippen molar-refractivity contribution < 1.29 is 0 Å². The average molecular weight is 237 g/mol. The van der Waals surface area contributed by atoms with Gasteiger partial charge in [-0.25, -0.2) is 9.78 Å². The van der Waals surface area contributed by atoms with Gasteiger partial charge in [-0.05, 0) is 13.8 Å². The third kappa shape index (κ3) is 2.11. The number of hydrogen-bond acceptors (Lipinski definition) is 4. The number of thiazole rings is 1. The lowest BCUT2D eigenvalue weighted by Crippen LogP contribution is -2.28. The fourth-order valence-corrected chi connectivity index (χ4v) is 2.25. The first-order valence-corrected chi connectivity index (χ1v) is 5.60. The van der Waals surface area contributed by atoms with Gasteiger partial charge in [0.1, 0.15) is 5.01 Å².